The van der Waals surface area contributed by atoms with Crippen molar-refractivity contribution in [2.45, 2.75) is 11.4 Å². The van der Waals surface area contributed by atoms with Gasteiger partial charge < -0.3 is 5.11 Å². The molecule has 2 aromatic rings. The number of benzene rings is 2. The molecular formula is C13H10Cl2FNO3S. The molecule has 0 radical (unpaired) electrons. The van der Waals surface area contributed by atoms with E-state index in [1.54, 1.807) is 0 Å². The van der Waals surface area contributed by atoms with Crippen LogP contribution in [0.15, 0.2) is 41.3 Å². The maximum absolute atomic E-state index is 12.8. The molecule has 0 aliphatic rings. The Labute approximate surface area is 131 Å². The highest BCUT2D eigenvalue weighted by Gasteiger charge is 2.21. The predicted octanol–water partition coefficient (Wildman–Crippen LogP) is 3.32. The van der Waals surface area contributed by atoms with Crippen molar-refractivity contribution in [2.24, 2.45) is 0 Å². The summed E-state index contributed by atoms with van der Waals surface area (Å²) in [4.78, 5) is -0.415. The molecular weight excluding hydrogens is 340 g/mol. The average molecular weight is 350 g/mol. The standard InChI is InChI=1S/C13H10Cl2FNO3S/c14-9-5-11(15)13(18)12(6-9)21(19,20)17-7-8-1-3-10(16)4-2-8/h1-6,17-18H,7H2. The summed E-state index contributed by atoms with van der Waals surface area (Å²) in [6.07, 6.45) is 0. The van der Waals surface area contributed by atoms with E-state index in [2.05, 4.69) is 4.72 Å². The first-order chi connectivity index (χ1) is 9.79. The molecule has 0 amide bonds. The van der Waals surface area contributed by atoms with Crippen LogP contribution in [0.5, 0.6) is 5.75 Å². The lowest BCUT2D eigenvalue weighted by Gasteiger charge is -2.10. The van der Waals surface area contributed by atoms with Gasteiger partial charge >= 0.3 is 0 Å². The molecule has 0 saturated heterocycles. The summed E-state index contributed by atoms with van der Waals surface area (Å²) in [5, 5.41) is 9.65. The molecule has 0 atom stereocenters. The number of aromatic hydroxyl groups is 1. The van der Waals surface area contributed by atoms with E-state index in [9.17, 15) is 17.9 Å². The predicted molar refractivity (Wildman–Crippen MR) is 78.6 cm³/mol. The van der Waals surface area contributed by atoms with Crippen LogP contribution in [0.4, 0.5) is 4.39 Å². The molecule has 112 valence electrons. The second-order valence-electron chi connectivity index (χ2n) is 4.19. The van der Waals surface area contributed by atoms with E-state index in [4.69, 9.17) is 23.2 Å². The Balaban J connectivity index is 2.25. The number of phenols is 1. The van der Waals surface area contributed by atoms with Crippen molar-refractivity contribution in [1.29, 1.82) is 0 Å². The van der Waals surface area contributed by atoms with Crippen LogP contribution in [0.3, 0.4) is 0 Å². The van der Waals surface area contributed by atoms with Crippen LogP contribution >= 0.6 is 23.2 Å². The smallest absolute Gasteiger partial charge is 0.244 e. The highest BCUT2D eigenvalue weighted by atomic mass is 35.5. The summed E-state index contributed by atoms with van der Waals surface area (Å²) >= 11 is 11.4. The summed E-state index contributed by atoms with van der Waals surface area (Å²) in [7, 11) is -4.01. The van der Waals surface area contributed by atoms with Crippen LogP contribution in [0.25, 0.3) is 0 Å². The Hall–Kier alpha value is -1.34. The normalized spacial score (nSPS) is 11.6. The van der Waals surface area contributed by atoms with Gasteiger partial charge in [-0.25, -0.2) is 17.5 Å². The average Bonchev–Trinajstić information content (AvgIpc) is 2.42. The molecule has 0 bridgehead atoms. The van der Waals surface area contributed by atoms with E-state index in [1.807, 2.05) is 0 Å². The lowest BCUT2D eigenvalue weighted by atomic mass is 10.2. The van der Waals surface area contributed by atoms with Crippen LogP contribution in [0.2, 0.25) is 10.0 Å². The van der Waals surface area contributed by atoms with Gasteiger partial charge in [-0.2, -0.15) is 0 Å². The Morgan fingerprint density at radius 2 is 1.76 bits per heavy atom. The molecule has 8 heteroatoms. The van der Waals surface area contributed by atoms with Gasteiger partial charge in [0.1, 0.15) is 10.7 Å². The molecule has 0 aromatic heterocycles. The third-order valence-corrected chi connectivity index (χ3v) is 4.58. The van der Waals surface area contributed by atoms with Crippen molar-refractivity contribution in [1.82, 2.24) is 4.72 Å². The van der Waals surface area contributed by atoms with E-state index in [0.29, 0.717) is 5.56 Å². The summed E-state index contributed by atoms with van der Waals surface area (Å²) in [5.41, 5.74) is 0.563. The number of rotatable bonds is 4. The van der Waals surface area contributed by atoms with Gasteiger partial charge in [-0.1, -0.05) is 35.3 Å². The zero-order valence-corrected chi connectivity index (χ0v) is 12.8. The zero-order chi connectivity index (χ0) is 15.6. The summed E-state index contributed by atoms with van der Waals surface area (Å²) < 4.78 is 39.3. The Bertz CT molecular complexity index is 764. The molecule has 0 aliphatic carbocycles. The number of hydrogen-bond donors (Lipinski definition) is 2. The molecule has 0 unspecified atom stereocenters. The van der Waals surface area contributed by atoms with E-state index in [0.717, 1.165) is 6.07 Å². The summed E-state index contributed by atoms with van der Waals surface area (Å²) in [5.74, 6) is -0.992. The molecule has 0 heterocycles. The monoisotopic (exact) mass is 349 g/mol. The van der Waals surface area contributed by atoms with Gasteiger partial charge in [0.25, 0.3) is 0 Å². The topological polar surface area (TPSA) is 66.4 Å². The van der Waals surface area contributed by atoms with Gasteiger partial charge in [0.05, 0.1) is 5.02 Å². The summed E-state index contributed by atoms with van der Waals surface area (Å²) in [6.45, 7) is -0.0633. The molecule has 0 fully saturated rings. The zero-order valence-electron chi connectivity index (χ0n) is 10.5. The van der Waals surface area contributed by atoms with Crippen molar-refractivity contribution in [3.8, 4) is 5.75 Å². The van der Waals surface area contributed by atoms with Crippen LogP contribution in [0, 0.1) is 5.82 Å². The van der Waals surface area contributed by atoms with Crippen LogP contribution < -0.4 is 4.72 Å². The third kappa shape index (κ3) is 3.85. The lowest BCUT2D eigenvalue weighted by molar-refractivity contribution is 0.458. The first-order valence-corrected chi connectivity index (χ1v) is 7.95. The maximum atomic E-state index is 12.8. The molecule has 0 aliphatic heterocycles. The van der Waals surface area contributed by atoms with E-state index >= 15 is 0 Å². The second kappa shape index (κ2) is 6.19. The van der Waals surface area contributed by atoms with Crippen molar-refractivity contribution in [3.05, 3.63) is 57.8 Å². The largest absolute Gasteiger partial charge is 0.505 e. The summed E-state index contributed by atoms with van der Waals surface area (Å²) in [6, 6.07) is 7.66. The van der Waals surface area contributed by atoms with Gasteiger partial charge in [-0.05, 0) is 29.8 Å². The van der Waals surface area contributed by atoms with Crippen LogP contribution in [-0.4, -0.2) is 13.5 Å². The highest BCUT2D eigenvalue weighted by Crippen LogP contribution is 2.34. The van der Waals surface area contributed by atoms with Crippen molar-refractivity contribution in [2.75, 3.05) is 0 Å². The lowest BCUT2D eigenvalue weighted by Crippen LogP contribution is -2.23. The van der Waals surface area contributed by atoms with E-state index < -0.39 is 26.5 Å². The number of hydrogen-bond acceptors (Lipinski definition) is 3. The highest BCUT2D eigenvalue weighted by molar-refractivity contribution is 7.89. The number of halogens is 3. The molecule has 2 aromatic carbocycles. The SMILES string of the molecule is O=S(=O)(NCc1ccc(F)cc1)c1cc(Cl)cc(Cl)c1O. The Morgan fingerprint density at radius 3 is 2.38 bits per heavy atom. The van der Waals surface area contributed by atoms with Gasteiger partial charge in [0.15, 0.2) is 5.75 Å². The fourth-order valence-electron chi connectivity index (χ4n) is 1.61. The third-order valence-electron chi connectivity index (χ3n) is 2.66. The first kappa shape index (κ1) is 16.0. The van der Waals surface area contributed by atoms with Crippen LogP contribution in [-0.2, 0) is 16.6 Å². The Kier molecular flexibility index (Phi) is 4.73. The maximum Gasteiger partial charge on any atom is 0.244 e. The fourth-order valence-corrected chi connectivity index (χ4v) is 3.38. The molecule has 2 rings (SSSR count). The van der Waals surface area contributed by atoms with Gasteiger partial charge in [-0.15, -0.1) is 0 Å². The Morgan fingerprint density at radius 1 is 1.14 bits per heavy atom. The molecule has 0 saturated carbocycles. The van der Waals surface area contributed by atoms with E-state index in [-0.39, 0.29) is 16.6 Å². The minimum absolute atomic E-state index is 0.0633. The number of nitrogens with one attached hydrogen (secondary N) is 1. The second-order valence-corrected chi connectivity index (χ2v) is 6.76. The number of sulfonamides is 1. The van der Waals surface area contributed by atoms with Crippen molar-refractivity contribution >= 4 is 33.2 Å². The number of phenolic OH excluding ortho intramolecular Hbond substituents is 1. The minimum atomic E-state index is -4.01. The van der Waals surface area contributed by atoms with Crippen molar-refractivity contribution < 1.29 is 17.9 Å². The quantitative estimate of drug-likeness (QED) is 0.889. The van der Waals surface area contributed by atoms with Gasteiger partial charge in [-0.3, -0.25) is 0 Å². The molecule has 2 N–H and O–H groups in total. The van der Waals surface area contributed by atoms with Crippen LogP contribution in [0.1, 0.15) is 5.56 Å². The molecule has 4 nitrogen and oxygen atoms in total. The fraction of sp³-hybridized carbons (Fsp3) is 0.0769. The minimum Gasteiger partial charge on any atom is -0.505 e. The van der Waals surface area contributed by atoms with E-state index in [1.165, 1.54) is 30.3 Å². The molecule has 21 heavy (non-hydrogen) atoms. The van der Waals surface area contributed by atoms with Gasteiger partial charge in [0, 0.05) is 11.6 Å². The first-order valence-electron chi connectivity index (χ1n) is 5.72. The van der Waals surface area contributed by atoms with Crippen molar-refractivity contribution in [3.63, 3.8) is 0 Å². The van der Waals surface area contributed by atoms with Gasteiger partial charge in [0.2, 0.25) is 10.0 Å². The molecule has 0 spiro atoms.